The highest BCUT2D eigenvalue weighted by Crippen LogP contribution is 2.05. The molecule has 0 aromatic carbocycles. The number of carbonyl (C=O) groups excluding carboxylic acids is 2. The van der Waals surface area contributed by atoms with Crippen LogP contribution >= 0.6 is 11.3 Å². The molecule has 1 aromatic rings. The van der Waals surface area contributed by atoms with E-state index in [-0.39, 0.29) is 24.8 Å². The van der Waals surface area contributed by atoms with E-state index in [0.29, 0.717) is 25.0 Å². The summed E-state index contributed by atoms with van der Waals surface area (Å²) in [4.78, 5) is 22.8. The van der Waals surface area contributed by atoms with Crippen LogP contribution in [0.1, 0.15) is 29.6 Å². The average molecular weight is 265 g/mol. The number of ether oxygens (including phenoxy) is 1. The normalized spacial score (nSPS) is 9.50. The van der Waals surface area contributed by atoms with Gasteiger partial charge < -0.3 is 10.1 Å². The monoisotopic (exact) mass is 265 g/mol. The van der Waals surface area contributed by atoms with Gasteiger partial charge in [-0.1, -0.05) is 0 Å². The van der Waals surface area contributed by atoms with Crippen molar-refractivity contribution >= 4 is 23.2 Å². The minimum absolute atomic E-state index is 0.170. The van der Waals surface area contributed by atoms with Gasteiger partial charge in [0.2, 0.25) is 0 Å². The van der Waals surface area contributed by atoms with E-state index in [9.17, 15) is 9.59 Å². The van der Waals surface area contributed by atoms with Crippen molar-refractivity contribution in [2.45, 2.75) is 19.3 Å². The number of terminal acetylenes is 1. The van der Waals surface area contributed by atoms with E-state index in [4.69, 9.17) is 11.2 Å². The summed E-state index contributed by atoms with van der Waals surface area (Å²) in [6.07, 6.45) is 6.51. The van der Waals surface area contributed by atoms with E-state index >= 15 is 0 Å². The third kappa shape index (κ3) is 5.51. The zero-order valence-corrected chi connectivity index (χ0v) is 10.8. The minimum Gasteiger partial charge on any atom is -0.466 e. The number of thiophene rings is 1. The molecule has 1 N–H and O–H groups in total. The van der Waals surface area contributed by atoms with Gasteiger partial charge in [0.25, 0.3) is 5.91 Å². The fraction of sp³-hybridized carbons (Fsp3) is 0.385. The van der Waals surface area contributed by atoms with Crippen molar-refractivity contribution in [1.29, 1.82) is 0 Å². The van der Waals surface area contributed by atoms with Gasteiger partial charge in [-0.2, -0.15) is 11.3 Å². The Morgan fingerprint density at radius 1 is 1.50 bits per heavy atom. The van der Waals surface area contributed by atoms with Gasteiger partial charge in [-0.25, -0.2) is 0 Å². The maximum absolute atomic E-state index is 11.5. The third-order valence-corrected chi connectivity index (χ3v) is 2.81. The number of amides is 1. The van der Waals surface area contributed by atoms with Gasteiger partial charge in [-0.15, -0.1) is 12.3 Å². The van der Waals surface area contributed by atoms with E-state index in [1.807, 2.05) is 5.38 Å². The molecule has 1 heterocycles. The van der Waals surface area contributed by atoms with Crippen molar-refractivity contribution in [1.82, 2.24) is 5.32 Å². The summed E-state index contributed by atoms with van der Waals surface area (Å²) in [5, 5.41) is 6.24. The predicted molar refractivity (Wildman–Crippen MR) is 70.3 cm³/mol. The summed E-state index contributed by atoms with van der Waals surface area (Å²) >= 11 is 1.45. The molecule has 0 unspecified atom stereocenters. The zero-order valence-electron chi connectivity index (χ0n) is 9.98. The molecule has 0 bridgehead atoms. The van der Waals surface area contributed by atoms with Gasteiger partial charge in [-0.3, -0.25) is 9.59 Å². The lowest BCUT2D eigenvalue weighted by Crippen LogP contribution is -2.26. The van der Waals surface area contributed by atoms with Crippen molar-refractivity contribution in [3.05, 3.63) is 22.4 Å². The average Bonchev–Trinajstić information content (AvgIpc) is 2.88. The Morgan fingerprint density at radius 2 is 2.33 bits per heavy atom. The molecule has 96 valence electrons. The Labute approximate surface area is 110 Å². The lowest BCUT2D eigenvalue weighted by atomic mass is 10.3. The van der Waals surface area contributed by atoms with Crippen molar-refractivity contribution in [3.63, 3.8) is 0 Å². The van der Waals surface area contributed by atoms with E-state index in [1.54, 1.807) is 11.4 Å². The number of hydrogen-bond donors (Lipinski definition) is 1. The van der Waals surface area contributed by atoms with Crippen LogP contribution in [0.2, 0.25) is 0 Å². The Morgan fingerprint density at radius 3 is 3.00 bits per heavy atom. The molecule has 0 spiro atoms. The van der Waals surface area contributed by atoms with Crippen molar-refractivity contribution < 1.29 is 14.3 Å². The van der Waals surface area contributed by atoms with Crippen LogP contribution in [0.4, 0.5) is 0 Å². The topological polar surface area (TPSA) is 55.4 Å². The van der Waals surface area contributed by atoms with E-state index in [0.717, 1.165) is 0 Å². The second kappa shape index (κ2) is 8.31. The molecule has 0 aliphatic heterocycles. The molecular formula is C13H15NO3S. The molecule has 0 saturated heterocycles. The quantitative estimate of drug-likeness (QED) is 0.465. The van der Waals surface area contributed by atoms with Crippen LogP contribution in [-0.2, 0) is 9.53 Å². The second-order valence-electron chi connectivity index (χ2n) is 3.55. The molecule has 1 amide bonds. The smallest absolute Gasteiger partial charge is 0.307 e. The summed E-state index contributed by atoms with van der Waals surface area (Å²) in [6.45, 7) is 0.615. The van der Waals surface area contributed by atoms with Gasteiger partial charge in [0.1, 0.15) is 0 Å². The van der Waals surface area contributed by atoms with Crippen LogP contribution in [-0.4, -0.2) is 25.0 Å². The summed E-state index contributed by atoms with van der Waals surface area (Å²) < 4.78 is 4.93. The van der Waals surface area contributed by atoms with Crippen LogP contribution in [0.15, 0.2) is 16.8 Å². The number of carbonyl (C=O) groups is 2. The van der Waals surface area contributed by atoms with Gasteiger partial charge in [0.15, 0.2) is 0 Å². The number of hydrogen-bond acceptors (Lipinski definition) is 4. The molecule has 0 saturated carbocycles. The summed E-state index contributed by atoms with van der Waals surface area (Å²) in [7, 11) is 0. The van der Waals surface area contributed by atoms with Gasteiger partial charge in [-0.05, 0) is 17.9 Å². The summed E-state index contributed by atoms with van der Waals surface area (Å²) in [5.74, 6) is 1.98. The number of unbranched alkanes of at least 4 members (excludes halogenated alkanes) is 1. The second-order valence-corrected chi connectivity index (χ2v) is 4.33. The first-order valence-corrected chi connectivity index (χ1v) is 6.58. The zero-order chi connectivity index (χ0) is 13.2. The third-order valence-electron chi connectivity index (χ3n) is 2.13. The van der Waals surface area contributed by atoms with Crippen LogP contribution in [0.3, 0.4) is 0 Å². The van der Waals surface area contributed by atoms with Gasteiger partial charge in [0, 0.05) is 23.9 Å². The first-order valence-electron chi connectivity index (χ1n) is 5.63. The standard InChI is InChI=1S/C13H15NO3S/c1-2-3-4-8-17-12(15)5-7-14-13(16)11-6-9-18-10-11/h1,6,9-10H,3-5,7-8H2,(H,14,16). The van der Waals surface area contributed by atoms with Crippen molar-refractivity contribution in [2.75, 3.05) is 13.2 Å². The van der Waals surface area contributed by atoms with Crippen molar-refractivity contribution in [2.24, 2.45) is 0 Å². The Kier molecular flexibility index (Phi) is 6.59. The molecular weight excluding hydrogens is 250 g/mol. The molecule has 4 nitrogen and oxygen atoms in total. The fourth-order valence-electron chi connectivity index (χ4n) is 1.21. The molecule has 1 aromatic heterocycles. The van der Waals surface area contributed by atoms with Crippen LogP contribution in [0.25, 0.3) is 0 Å². The molecule has 18 heavy (non-hydrogen) atoms. The fourth-order valence-corrected chi connectivity index (χ4v) is 1.84. The Bertz CT molecular complexity index is 420. The predicted octanol–water partition coefficient (Wildman–Crippen LogP) is 1.82. The number of esters is 1. The molecule has 5 heteroatoms. The highest BCUT2D eigenvalue weighted by Gasteiger charge is 2.07. The molecule has 1 rings (SSSR count). The first-order chi connectivity index (χ1) is 8.74. The molecule has 0 radical (unpaired) electrons. The summed E-state index contributed by atoms with van der Waals surface area (Å²) in [6, 6.07) is 1.73. The lowest BCUT2D eigenvalue weighted by molar-refractivity contribution is -0.143. The van der Waals surface area contributed by atoms with Crippen LogP contribution < -0.4 is 5.32 Å². The van der Waals surface area contributed by atoms with Crippen LogP contribution in [0, 0.1) is 12.3 Å². The van der Waals surface area contributed by atoms with E-state index in [1.165, 1.54) is 11.3 Å². The Balaban J connectivity index is 2.09. The summed E-state index contributed by atoms with van der Waals surface area (Å²) in [5.41, 5.74) is 0.613. The van der Waals surface area contributed by atoms with Crippen LogP contribution in [0.5, 0.6) is 0 Å². The lowest BCUT2D eigenvalue weighted by Gasteiger charge is -2.04. The van der Waals surface area contributed by atoms with Gasteiger partial charge in [0.05, 0.1) is 13.0 Å². The number of nitrogens with one attached hydrogen (secondary N) is 1. The van der Waals surface area contributed by atoms with Gasteiger partial charge >= 0.3 is 5.97 Å². The maximum atomic E-state index is 11.5. The molecule has 0 aliphatic carbocycles. The maximum Gasteiger partial charge on any atom is 0.307 e. The number of rotatable bonds is 7. The highest BCUT2D eigenvalue weighted by atomic mass is 32.1. The Hall–Kier alpha value is -1.80. The molecule has 0 fully saturated rings. The highest BCUT2D eigenvalue weighted by molar-refractivity contribution is 7.08. The first kappa shape index (κ1) is 14.3. The minimum atomic E-state index is -0.322. The van der Waals surface area contributed by atoms with E-state index in [2.05, 4.69) is 11.2 Å². The molecule has 0 aliphatic rings. The van der Waals surface area contributed by atoms with Crippen molar-refractivity contribution in [3.8, 4) is 12.3 Å². The SMILES string of the molecule is C#CCCCOC(=O)CCNC(=O)c1ccsc1. The van der Waals surface area contributed by atoms with E-state index < -0.39 is 0 Å². The largest absolute Gasteiger partial charge is 0.466 e. The molecule has 0 atom stereocenters.